The summed E-state index contributed by atoms with van der Waals surface area (Å²) in [6.07, 6.45) is -2.99. The van der Waals surface area contributed by atoms with Gasteiger partial charge in [-0.1, -0.05) is 18.5 Å². The van der Waals surface area contributed by atoms with Crippen molar-refractivity contribution >= 4 is 52.8 Å². The topological polar surface area (TPSA) is 151 Å². The molecule has 0 radical (unpaired) electrons. The molecule has 17 heteroatoms. The molecule has 0 spiro atoms. The average Bonchev–Trinajstić information content (AvgIpc) is 3.38. The Morgan fingerprint density at radius 2 is 1.80 bits per heavy atom. The van der Waals surface area contributed by atoms with E-state index in [9.17, 15) is 32.3 Å². The molecule has 1 aromatic carbocycles. The number of hydrogen-bond acceptors (Lipinski definition) is 8. The Balaban J connectivity index is 1.72. The Hall–Kier alpha value is -4.60. The van der Waals surface area contributed by atoms with Crippen LogP contribution in [-0.4, -0.2) is 78.9 Å². The summed E-state index contributed by atoms with van der Waals surface area (Å²) in [5.74, 6) is -2.13. The van der Waals surface area contributed by atoms with Crippen LogP contribution in [0.3, 0.4) is 0 Å². The van der Waals surface area contributed by atoms with Gasteiger partial charge in [-0.3, -0.25) is 9.59 Å². The number of anilines is 2. The lowest BCUT2D eigenvalue weighted by Gasteiger charge is -2.37. The molecular weight excluding hydrogens is 623 g/mol. The van der Waals surface area contributed by atoms with E-state index in [1.54, 1.807) is 32.6 Å². The van der Waals surface area contributed by atoms with Crippen LogP contribution in [0.2, 0.25) is 5.02 Å². The van der Waals surface area contributed by atoms with E-state index in [2.05, 4.69) is 15.4 Å². The molecule has 1 aliphatic rings. The van der Waals surface area contributed by atoms with E-state index in [1.807, 2.05) is 0 Å². The van der Waals surface area contributed by atoms with Gasteiger partial charge in [-0.2, -0.15) is 22.7 Å². The minimum atomic E-state index is -4.63. The van der Waals surface area contributed by atoms with Crippen LogP contribution >= 0.6 is 11.6 Å². The summed E-state index contributed by atoms with van der Waals surface area (Å²) < 4.78 is 47.1. The van der Waals surface area contributed by atoms with Crippen LogP contribution < -0.4 is 15.8 Å². The molecule has 1 saturated heterocycles. The van der Waals surface area contributed by atoms with Crippen molar-refractivity contribution in [2.75, 3.05) is 36.4 Å². The van der Waals surface area contributed by atoms with Gasteiger partial charge in [-0.05, 0) is 51.5 Å². The molecule has 2 N–H and O–H groups in total. The first-order valence-electron chi connectivity index (χ1n) is 13.8. The summed E-state index contributed by atoms with van der Waals surface area (Å²) in [4.78, 5) is 58.3. The van der Waals surface area contributed by atoms with Gasteiger partial charge in [0.25, 0.3) is 5.56 Å². The molecular formula is C28H31ClF3N7O6. The van der Waals surface area contributed by atoms with Gasteiger partial charge in [0, 0.05) is 32.3 Å². The van der Waals surface area contributed by atoms with Gasteiger partial charge in [0.2, 0.25) is 11.7 Å². The number of ether oxygens (including phenoxy) is 1. The third-order valence-corrected chi connectivity index (χ3v) is 6.98. The first kappa shape index (κ1) is 33.3. The van der Waals surface area contributed by atoms with Gasteiger partial charge in [0.1, 0.15) is 17.8 Å². The Morgan fingerprint density at radius 3 is 2.36 bits per heavy atom. The van der Waals surface area contributed by atoms with Crippen molar-refractivity contribution in [1.29, 1.82) is 0 Å². The van der Waals surface area contributed by atoms with Crippen LogP contribution in [0.25, 0.3) is 11.9 Å². The molecule has 1 fully saturated rings. The van der Waals surface area contributed by atoms with Crippen LogP contribution in [0.4, 0.5) is 29.3 Å². The van der Waals surface area contributed by atoms with Crippen molar-refractivity contribution < 1.29 is 37.4 Å². The number of carbonyl (C=O) groups excluding carboxylic acids is 2. The van der Waals surface area contributed by atoms with E-state index in [1.165, 1.54) is 9.47 Å². The highest BCUT2D eigenvalue weighted by Crippen LogP contribution is 2.34. The zero-order valence-electron chi connectivity index (χ0n) is 24.8. The summed E-state index contributed by atoms with van der Waals surface area (Å²) in [6.45, 7) is 7.56. The maximum absolute atomic E-state index is 13.8. The normalized spacial score (nSPS) is 14.3. The molecule has 0 bridgehead atoms. The number of rotatable bonds is 7. The molecule has 1 aliphatic heterocycles. The van der Waals surface area contributed by atoms with Crippen molar-refractivity contribution in [2.24, 2.45) is 0 Å². The van der Waals surface area contributed by atoms with Gasteiger partial charge >= 0.3 is 18.2 Å². The molecule has 2 amide bonds. The number of carbonyl (C=O) groups is 3. The second kappa shape index (κ2) is 12.8. The summed E-state index contributed by atoms with van der Waals surface area (Å²) in [5.41, 5.74) is -1.70. The molecule has 0 saturated carbocycles. The van der Waals surface area contributed by atoms with Crippen LogP contribution in [0.1, 0.15) is 44.8 Å². The van der Waals surface area contributed by atoms with Crippen LogP contribution in [0, 0.1) is 0 Å². The van der Waals surface area contributed by atoms with E-state index in [4.69, 9.17) is 21.4 Å². The number of carboxylic acids is 1. The standard InChI is InChI=1S/C28H31ClF3N7O6/c1-5-19-23(36-10-12-37(13-11-36)26(44)45-27(2,3)4)24(43)39-25(34-20(35-39)8-9-22(41)42)38(19)15-21(40)33-18-7-6-16(14-17(18)29)28(30,31)32/h6-9,14H,5,10-13,15H2,1-4H3,(H,33,40)(H,41,42)/b9-8+. The van der Waals surface area contributed by atoms with E-state index in [0.29, 0.717) is 11.8 Å². The van der Waals surface area contributed by atoms with Gasteiger partial charge in [0.05, 0.1) is 22.0 Å². The highest BCUT2D eigenvalue weighted by atomic mass is 35.5. The number of aliphatic carboxylic acids is 1. The number of fused-ring (bicyclic) bond motifs is 1. The highest BCUT2D eigenvalue weighted by molar-refractivity contribution is 6.33. The predicted octanol–water partition coefficient (Wildman–Crippen LogP) is 3.92. The van der Waals surface area contributed by atoms with E-state index < -0.39 is 47.4 Å². The number of halogens is 4. The lowest BCUT2D eigenvalue weighted by Crippen LogP contribution is -2.51. The van der Waals surface area contributed by atoms with Crippen LogP contribution in [0.5, 0.6) is 0 Å². The Morgan fingerprint density at radius 1 is 1.13 bits per heavy atom. The van der Waals surface area contributed by atoms with Crippen molar-refractivity contribution in [3.05, 3.63) is 56.7 Å². The third-order valence-electron chi connectivity index (χ3n) is 6.67. The van der Waals surface area contributed by atoms with Crippen molar-refractivity contribution in [1.82, 2.24) is 24.1 Å². The SMILES string of the molecule is CCc1c(N2CCN(C(=O)OC(C)(C)C)CC2)c(=O)n2nc(/C=C/C(=O)O)nc2n1CC(=O)Nc1ccc(C(F)(F)F)cc1Cl. The number of nitrogens with zero attached hydrogens (tertiary/aromatic N) is 6. The van der Waals surface area contributed by atoms with Gasteiger partial charge < -0.3 is 29.5 Å². The minimum Gasteiger partial charge on any atom is -0.478 e. The van der Waals surface area contributed by atoms with Gasteiger partial charge in [0.15, 0.2) is 5.82 Å². The quantitative estimate of drug-likeness (QED) is 0.362. The van der Waals surface area contributed by atoms with Crippen LogP contribution in [-0.2, 0) is 33.5 Å². The number of piperazine rings is 1. The van der Waals surface area contributed by atoms with E-state index in [0.717, 1.165) is 28.8 Å². The Kier molecular flexibility index (Phi) is 9.46. The molecule has 242 valence electrons. The average molecular weight is 654 g/mol. The second-order valence-corrected chi connectivity index (χ2v) is 11.5. The second-order valence-electron chi connectivity index (χ2n) is 11.1. The number of alkyl halides is 3. The summed E-state index contributed by atoms with van der Waals surface area (Å²) >= 11 is 6.03. The summed E-state index contributed by atoms with van der Waals surface area (Å²) in [5, 5.41) is 15.3. The summed E-state index contributed by atoms with van der Waals surface area (Å²) in [6, 6.07) is 2.51. The van der Waals surface area contributed by atoms with Crippen molar-refractivity contribution in [2.45, 2.75) is 52.4 Å². The number of nitrogens with one attached hydrogen (secondary N) is 1. The number of carboxylic acid groups (broad SMARTS) is 1. The summed E-state index contributed by atoms with van der Waals surface area (Å²) in [7, 11) is 0. The number of hydrogen-bond donors (Lipinski definition) is 2. The molecule has 2 aromatic heterocycles. The number of aromatic nitrogens is 4. The molecule has 3 heterocycles. The maximum atomic E-state index is 13.8. The molecule has 3 aromatic rings. The Bertz CT molecular complexity index is 1720. The zero-order chi connectivity index (χ0) is 33.3. The third kappa shape index (κ3) is 7.74. The van der Waals surface area contributed by atoms with E-state index in [-0.39, 0.29) is 60.6 Å². The minimum absolute atomic E-state index is 0.0604. The first-order chi connectivity index (χ1) is 21.0. The first-order valence-corrected chi connectivity index (χ1v) is 14.2. The smallest absolute Gasteiger partial charge is 0.416 e. The fourth-order valence-corrected chi connectivity index (χ4v) is 4.95. The number of benzene rings is 1. The molecule has 0 aliphatic carbocycles. The zero-order valence-corrected chi connectivity index (χ0v) is 25.6. The molecule has 0 atom stereocenters. The molecule has 45 heavy (non-hydrogen) atoms. The van der Waals surface area contributed by atoms with Gasteiger partial charge in [-0.25, -0.2) is 9.59 Å². The highest BCUT2D eigenvalue weighted by Gasteiger charge is 2.32. The lowest BCUT2D eigenvalue weighted by atomic mass is 10.2. The fraction of sp³-hybridized carbons (Fsp3) is 0.429. The van der Waals surface area contributed by atoms with Crippen molar-refractivity contribution in [3.8, 4) is 0 Å². The lowest BCUT2D eigenvalue weighted by molar-refractivity contribution is -0.137. The molecule has 0 unspecified atom stereocenters. The predicted molar refractivity (Wildman–Crippen MR) is 158 cm³/mol. The monoisotopic (exact) mass is 653 g/mol. The maximum Gasteiger partial charge on any atom is 0.416 e. The fourth-order valence-electron chi connectivity index (χ4n) is 4.73. The largest absolute Gasteiger partial charge is 0.478 e. The molecule has 13 nitrogen and oxygen atoms in total. The van der Waals surface area contributed by atoms with Gasteiger partial charge in [-0.15, -0.1) is 5.10 Å². The van der Waals surface area contributed by atoms with E-state index >= 15 is 0 Å². The van der Waals surface area contributed by atoms with Crippen LogP contribution in [0.15, 0.2) is 29.1 Å². The Labute approximate surface area is 259 Å². The molecule has 4 rings (SSSR count). The van der Waals surface area contributed by atoms with Crippen molar-refractivity contribution in [3.63, 3.8) is 0 Å². The number of amides is 2.